The zero-order valence-electron chi connectivity index (χ0n) is 17.8. The van der Waals surface area contributed by atoms with Gasteiger partial charge in [-0.05, 0) is 85.7 Å². The first-order chi connectivity index (χ1) is 13.1. The molecular formula is C23H30ClNO3. The minimum atomic E-state index is -0.168. The lowest BCUT2D eigenvalue weighted by molar-refractivity contribution is -0.123. The van der Waals surface area contributed by atoms with Crippen LogP contribution in [0.2, 0.25) is 5.02 Å². The van der Waals surface area contributed by atoms with Crippen LogP contribution in [0.5, 0.6) is 11.5 Å². The molecule has 28 heavy (non-hydrogen) atoms. The Morgan fingerprint density at radius 3 is 2.14 bits per heavy atom. The quantitative estimate of drug-likeness (QED) is 0.649. The topological polar surface area (TPSA) is 47.6 Å². The Hall–Kier alpha value is -2.20. The second-order valence-electron chi connectivity index (χ2n) is 7.55. The van der Waals surface area contributed by atoms with Crippen molar-refractivity contribution < 1.29 is 14.3 Å². The molecule has 0 bridgehead atoms. The minimum Gasteiger partial charge on any atom is -0.496 e. The Balaban J connectivity index is 2.07. The van der Waals surface area contributed by atoms with Crippen LogP contribution < -0.4 is 14.8 Å². The highest BCUT2D eigenvalue weighted by molar-refractivity contribution is 6.32. The maximum Gasteiger partial charge on any atom is 0.258 e. The summed E-state index contributed by atoms with van der Waals surface area (Å²) >= 11 is 6.18. The van der Waals surface area contributed by atoms with Crippen molar-refractivity contribution in [2.24, 2.45) is 0 Å². The number of ether oxygens (including phenoxy) is 2. The minimum absolute atomic E-state index is 0.0446. The molecule has 2 aromatic carbocycles. The van der Waals surface area contributed by atoms with Gasteiger partial charge in [0, 0.05) is 5.02 Å². The van der Waals surface area contributed by atoms with Crippen LogP contribution in [-0.2, 0) is 4.79 Å². The third-order valence-electron chi connectivity index (χ3n) is 4.86. The van der Waals surface area contributed by atoms with Crippen LogP contribution in [0.15, 0.2) is 24.3 Å². The molecule has 0 aliphatic heterocycles. The van der Waals surface area contributed by atoms with Crippen LogP contribution in [-0.4, -0.2) is 19.6 Å². The highest BCUT2D eigenvalue weighted by Gasteiger charge is 2.17. The van der Waals surface area contributed by atoms with Crippen molar-refractivity contribution in [2.45, 2.75) is 53.5 Å². The van der Waals surface area contributed by atoms with Gasteiger partial charge in [0.25, 0.3) is 5.91 Å². The first-order valence-electron chi connectivity index (χ1n) is 9.51. The van der Waals surface area contributed by atoms with E-state index in [1.807, 2.05) is 45.9 Å². The average molecular weight is 404 g/mol. The van der Waals surface area contributed by atoms with E-state index in [2.05, 4.69) is 25.2 Å². The first kappa shape index (κ1) is 22.1. The van der Waals surface area contributed by atoms with E-state index in [0.717, 1.165) is 38.6 Å². The van der Waals surface area contributed by atoms with Gasteiger partial charge >= 0.3 is 0 Å². The molecule has 1 atom stereocenters. The van der Waals surface area contributed by atoms with Crippen LogP contribution in [0.3, 0.4) is 0 Å². The summed E-state index contributed by atoms with van der Waals surface area (Å²) in [5.41, 5.74) is 5.16. The van der Waals surface area contributed by atoms with Crippen molar-refractivity contribution in [2.75, 3.05) is 13.7 Å². The fraction of sp³-hybridized carbons (Fsp3) is 0.435. The van der Waals surface area contributed by atoms with Gasteiger partial charge in [0.2, 0.25) is 0 Å². The third-order valence-corrected chi connectivity index (χ3v) is 5.46. The van der Waals surface area contributed by atoms with Crippen molar-refractivity contribution in [3.8, 4) is 11.5 Å². The highest BCUT2D eigenvalue weighted by atomic mass is 35.5. The number of carbonyl (C=O) groups is 1. The number of methoxy groups -OCH3 is 1. The molecule has 0 radical (unpaired) electrons. The van der Waals surface area contributed by atoms with Crippen molar-refractivity contribution in [3.05, 3.63) is 57.1 Å². The van der Waals surface area contributed by atoms with E-state index >= 15 is 0 Å². The van der Waals surface area contributed by atoms with Gasteiger partial charge in [-0.3, -0.25) is 4.79 Å². The van der Waals surface area contributed by atoms with Crippen molar-refractivity contribution in [1.82, 2.24) is 5.32 Å². The number of aryl methyl sites for hydroxylation is 3. The molecule has 0 aromatic heterocycles. The molecule has 152 valence electrons. The van der Waals surface area contributed by atoms with E-state index in [1.165, 1.54) is 0 Å². The van der Waals surface area contributed by atoms with E-state index in [0.29, 0.717) is 11.7 Å². The molecular weight excluding hydrogens is 374 g/mol. The van der Waals surface area contributed by atoms with E-state index < -0.39 is 0 Å². The Labute approximate surface area is 173 Å². The summed E-state index contributed by atoms with van der Waals surface area (Å²) in [5, 5.41) is 3.74. The summed E-state index contributed by atoms with van der Waals surface area (Å²) in [7, 11) is 1.68. The second-order valence-corrected chi connectivity index (χ2v) is 7.93. The summed E-state index contributed by atoms with van der Waals surface area (Å²) in [6.45, 7) is 12.1. The molecule has 2 aromatic rings. The number of amides is 1. The molecule has 4 nitrogen and oxygen atoms in total. The van der Waals surface area contributed by atoms with Crippen molar-refractivity contribution in [3.63, 3.8) is 0 Å². The monoisotopic (exact) mass is 403 g/mol. The van der Waals surface area contributed by atoms with Crippen LogP contribution in [0.1, 0.15) is 60.5 Å². The fourth-order valence-electron chi connectivity index (χ4n) is 3.31. The molecule has 1 N–H and O–H groups in total. The largest absolute Gasteiger partial charge is 0.496 e. The van der Waals surface area contributed by atoms with E-state index in [4.69, 9.17) is 21.1 Å². The van der Waals surface area contributed by atoms with E-state index in [-0.39, 0.29) is 18.6 Å². The average Bonchev–Trinajstić information content (AvgIpc) is 2.63. The molecule has 0 aliphatic rings. The zero-order valence-corrected chi connectivity index (χ0v) is 18.5. The summed E-state index contributed by atoms with van der Waals surface area (Å²) in [6.07, 6.45) is 0. The standard InChI is InChI=1S/C23H30ClNO3/c1-13(2)19-11-20(14(3)10-21(19)27-7)17(6)25-22(26)12-28-18-8-15(4)23(24)16(5)9-18/h8-11,13,17H,12H2,1-7H3,(H,25,26). The van der Waals surface area contributed by atoms with Crippen LogP contribution in [0.25, 0.3) is 0 Å². The van der Waals surface area contributed by atoms with Gasteiger partial charge < -0.3 is 14.8 Å². The number of hydrogen-bond donors (Lipinski definition) is 1. The van der Waals surface area contributed by atoms with Crippen molar-refractivity contribution in [1.29, 1.82) is 0 Å². The van der Waals surface area contributed by atoms with E-state index in [9.17, 15) is 4.79 Å². The molecule has 5 heteroatoms. The number of benzene rings is 2. The second kappa shape index (κ2) is 9.33. The molecule has 0 aliphatic carbocycles. The molecule has 2 rings (SSSR count). The predicted octanol–water partition coefficient (Wildman–Crippen LogP) is 5.65. The number of nitrogens with one attached hydrogen (secondary N) is 1. The predicted molar refractivity (Wildman–Crippen MR) is 115 cm³/mol. The lowest BCUT2D eigenvalue weighted by atomic mass is 9.93. The molecule has 0 fully saturated rings. The lowest BCUT2D eigenvalue weighted by Gasteiger charge is -2.21. The Kier molecular flexibility index (Phi) is 7.36. The molecule has 1 amide bonds. The van der Waals surface area contributed by atoms with Crippen LogP contribution in [0.4, 0.5) is 0 Å². The van der Waals surface area contributed by atoms with E-state index in [1.54, 1.807) is 7.11 Å². The first-order valence-corrected chi connectivity index (χ1v) is 9.89. The highest BCUT2D eigenvalue weighted by Crippen LogP contribution is 2.32. The lowest BCUT2D eigenvalue weighted by Crippen LogP contribution is -2.31. The molecule has 0 saturated heterocycles. The SMILES string of the molecule is COc1cc(C)c(C(C)NC(=O)COc2cc(C)c(Cl)c(C)c2)cc1C(C)C. The zero-order chi connectivity index (χ0) is 21.0. The van der Waals surface area contributed by atoms with Gasteiger partial charge in [-0.15, -0.1) is 0 Å². The smallest absolute Gasteiger partial charge is 0.258 e. The van der Waals surface area contributed by atoms with Gasteiger partial charge in [0.1, 0.15) is 11.5 Å². The Morgan fingerprint density at radius 2 is 1.61 bits per heavy atom. The third kappa shape index (κ3) is 5.20. The summed E-state index contributed by atoms with van der Waals surface area (Å²) in [5.74, 6) is 1.69. The van der Waals surface area contributed by atoms with Crippen molar-refractivity contribution >= 4 is 17.5 Å². The number of halogens is 1. The number of rotatable bonds is 7. The van der Waals surface area contributed by atoms with Gasteiger partial charge in [-0.2, -0.15) is 0 Å². The van der Waals surface area contributed by atoms with Gasteiger partial charge in [0.15, 0.2) is 6.61 Å². The van der Waals surface area contributed by atoms with Gasteiger partial charge in [-0.25, -0.2) is 0 Å². The molecule has 0 saturated carbocycles. The summed E-state index contributed by atoms with van der Waals surface area (Å²) in [6, 6.07) is 7.70. The number of hydrogen-bond acceptors (Lipinski definition) is 3. The van der Waals surface area contributed by atoms with Crippen LogP contribution in [0, 0.1) is 20.8 Å². The van der Waals surface area contributed by atoms with Gasteiger partial charge in [0.05, 0.1) is 13.2 Å². The maximum absolute atomic E-state index is 12.4. The number of carbonyl (C=O) groups excluding carboxylic acids is 1. The Bertz CT molecular complexity index is 838. The maximum atomic E-state index is 12.4. The van der Waals surface area contributed by atoms with Crippen LogP contribution >= 0.6 is 11.6 Å². The molecule has 0 heterocycles. The molecule has 0 spiro atoms. The summed E-state index contributed by atoms with van der Waals surface area (Å²) < 4.78 is 11.2. The molecule has 1 unspecified atom stereocenters. The normalized spacial score (nSPS) is 12.0. The Morgan fingerprint density at radius 1 is 1.00 bits per heavy atom. The summed E-state index contributed by atoms with van der Waals surface area (Å²) in [4.78, 5) is 12.4. The van der Waals surface area contributed by atoms with Gasteiger partial charge in [-0.1, -0.05) is 25.4 Å². The fourth-order valence-corrected chi connectivity index (χ4v) is 3.42.